The number of aromatic nitrogens is 3. The van der Waals surface area contributed by atoms with Crippen molar-refractivity contribution >= 4 is 34.3 Å². The molecule has 36 heavy (non-hydrogen) atoms. The van der Waals surface area contributed by atoms with Crippen LogP contribution in [0.1, 0.15) is 31.2 Å². The molecule has 1 aliphatic carbocycles. The van der Waals surface area contributed by atoms with Crippen molar-refractivity contribution in [3.63, 3.8) is 0 Å². The van der Waals surface area contributed by atoms with Crippen LogP contribution in [0.15, 0.2) is 65.8 Å². The van der Waals surface area contributed by atoms with Gasteiger partial charge in [-0.15, -0.1) is 0 Å². The Bertz CT molecular complexity index is 1460. The van der Waals surface area contributed by atoms with E-state index in [0.717, 1.165) is 58.0 Å². The lowest BCUT2D eigenvalue weighted by molar-refractivity contribution is 0.387. The number of thioether (sulfide) groups is 1. The van der Waals surface area contributed by atoms with E-state index >= 15 is 0 Å². The monoisotopic (exact) mass is 497 g/mol. The highest BCUT2D eigenvalue weighted by atomic mass is 32.2. The summed E-state index contributed by atoms with van der Waals surface area (Å²) in [6, 6.07) is 18.3. The number of benzene rings is 2. The van der Waals surface area contributed by atoms with Crippen LogP contribution in [0.4, 0.5) is 5.82 Å². The first-order chi connectivity index (χ1) is 17.8. The number of anilines is 1. The molecule has 0 atom stereocenters. The molecule has 182 valence electrons. The van der Waals surface area contributed by atoms with E-state index in [2.05, 4.69) is 23.3 Å². The molecule has 0 fully saturated rings. The molecule has 0 bridgehead atoms. The molecule has 0 amide bonds. The average Bonchev–Trinajstić information content (AvgIpc) is 3.61. The summed E-state index contributed by atoms with van der Waals surface area (Å²) in [6.45, 7) is 0. The van der Waals surface area contributed by atoms with Crippen LogP contribution in [-0.4, -0.2) is 40.2 Å². The van der Waals surface area contributed by atoms with Gasteiger partial charge in [0.2, 0.25) is 5.88 Å². The van der Waals surface area contributed by atoms with Crippen molar-refractivity contribution in [2.75, 3.05) is 25.1 Å². The van der Waals surface area contributed by atoms with Gasteiger partial charge in [-0.1, -0.05) is 60.3 Å². The standard InChI is InChI=1S/C28H27N5O2S/c1-34-22-15-13-20(14-16-22)24-26(32-18-36-17-29-32)30-27-23(19-9-5-3-6-10-19)25(21-11-7-4-8-12-21)31-33(27)28(24)35-2/h4,7-9,11-17H,3,5-6,10,18H2,1-2H3. The number of hydrazone groups is 1. The van der Waals surface area contributed by atoms with Crippen LogP contribution in [0, 0.1) is 0 Å². The lowest BCUT2D eigenvalue weighted by atomic mass is 9.92. The molecule has 2 aromatic carbocycles. The van der Waals surface area contributed by atoms with Crippen molar-refractivity contribution in [2.45, 2.75) is 25.7 Å². The predicted octanol–water partition coefficient (Wildman–Crippen LogP) is 6.49. The van der Waals surface area contributed by atoms with Gasteiger partial charge in [-0.05, 0) is 49.0 Å². The van der Waals surface area contributed by atoms with E-state index in [4.69, 9.17) is 19.6 Å². The first-order valence-corrected chi connectivity index (χ1v) is 13.1. The van der Waals surface area contributed by atoms with Gasteiger partial charge in [0.15, 0.2) is 11.5 Å². The Morgan fingerprint density at radius 1 is 0.889 bits per heavy atom. The van der Waals surface area contributed by atoms with Crippen LogP contribution in [-0.2, 0) is 0 Å². The Morgan fingerprint density at radius 2 is 1.72 bits per heavy atom. The zero-order valence-corrected chi connectivity index (χ0v) is 21.2. The molecule has 0 spiro atoms. The smallest absolute Gasteiger partial charge is 0.228 e. The third-order valence-electron chi connectivity index (χ3n) is 6.64. The molecule has 6 rings (SSSR count). The summed E-state index contributed by atoms with van der Waals surface area (Å²) in [5, 5.41) is 11.6. The number of allylic oxidation sites excluding steroid dienone is 2. The number of hydrogen-bond donors (Lipinski definition) is 0. The van der Waals surface area contributed by atoms with E-state index in [0.29, 0.717) is 11.8 Å². The van der Waals surface area contributed by atoms with Crippen molar-refractivity contribution in [2.24, 2.45) is 5.10 Å². The minimum atomic E-state index is 0.632. The molecule has 0 saturated carbocycles. The van der Waals surface area contributed by atoms with Crippen molar-refractivity contribution in [3.8, 4) is 34.0 Å². The molecule has 1 aliphatic heterocycles. The summed E-state index contributed by atoms with van der Waals surface area (Å²) in [5.74, 6) is 2.86. The second kappa shape index (κ2) is 9.70. The lowest BCUT2D eigenvalue weighted by Crippen LogP contribution is -2.16. The van der Waals surface area contributed by atoms with Gasteiger partial charge in [-0.25, -0.2) is 9.99 Å². The number of fused-ring (bicyclic) bond motifs is 1. The highest BCUT2D eigenvalue weighted by Gasteiger charge is 2.29. The Morgan fingerprint density at radius 3 is 2.39 bits per heavy atom. The summed E-state index contributed by atoms with van der Waals surface area (Å²) >= 11 is 1.64. The van der Waals surface area contributed by atoms with Gasteiger partial charge in [0, 0.05) is 5.56 Å². The number of methoxy groups -OCH3 is 2. The molecule has 8 heteroatoms. The molecule has 2 aliphatic rings. The van der Waals surface area contributed by atoms with E-state index in [1.165, 1.54) is 18.4 Å². The number of rotatable bonds is 6. The summed E-state index contributed by atoms with van der Waals surface area (Å²) in [7, 11) is 3.36. The predicted molar refractivity (Wildman–Crippen MR) is 147 cm³/mol. The minimum Gasteiger partial charge on any atom is -0.497 e. The molecule has 7 nitrogen and oxygen atoms in total. The molecule has 3 heterocycles. The quantitative estimate of drug-likeness (QED) is 0.303. The molecule has 2 aromatic heterocycles. The third-order valence-corrected chi connectivity index (χ3v) is 7.27. The molecule has 0 N–H and O–H groups in total. The fraction of sp³-hybridized carbons (Fsp3) is 0.250. The zero-order valence-electron chi connectivity index (χ0n) is 20.3. The summed E-state index contributed by atoms with van der Waals surface area (Å²) in [6.07, 6.45) is 6.81. The van der Waals surface area contributed by atoms with Crippen molar-refractivity contribution in [3.05, 3.63) is 66.2 Å². The van der Waals surface area contributed by atoms with Crippen LogP contribution >= 0.6 is 11.8 Å². The largest absolute Gasteiger partial charge is 0.497 e. The zero-order chi connectivity index (χ0) is 24.5. The first-order valence-electron chi connectivity index (χ1n) is 12.1. The van der Waals surface area contributed by atoms with Crippen LogP contribution < -0.4 is 14.5 Å². The highest BCUT2D eigenvalue weighted by molar-refractivity contribution is 8.12. The van der Waals surface area contributed by atoms with E-state index in [9.17, 15) is 0 Å². The number of ether oxygens (including phenoxy) is 2. The van der Waals surface area contributed by atoms with Crippen molar-refractivity contribution in [1.29, 1.82) is 0 Å². The van der Waals surface area contributed by atoms with Gasteiger partial charge >= 0.3 is 0 Å². The van der Waals surface area contributed by atoms with Gasteiger partial charge in [-0.3, -0.25) is 0 Å². The van der Waals surface area contributed by atoms with Crippen molar-refractivity contribution in [1.82, 2.24) is 14.6 Å². The van der Waals surface area contributed by atoms with Gasteiger partial charge in [0.05, 0.1) is 36.8 Å². The lowest BCUT2D eigenvalue weighted by Gasteiger charge is -2.20. The van der Waals surface area contributed by atoms with Gasteiger partial charge in [-0.2, -0.15) is 14.7 Å². The van der Waals surface area contributed by atoms with Crippen LogP contribution in [0.3, 0.4) is 0 Å². The van der Waals surface area contributed by atoms with Gasteiger partial charge < -0.3 is 9.47 Å². The van der Waals surface area contributed by atoms with Crippen molar-refractivity contribution < 1.29 is 9.47 Å². The molecular formula is C28H27N5O2S. The Balaban J connectivity index is 1.68. The fourth-order valence-corrected chi connectivity index (χ4v) is 5.48. The van der Waals surface area contributed by atoms with Gasteiger partial charge in [0.1, 0.15) is 11.4 Å². The van der Waals surface area contributed by atoms with Crippen LogP contribution in [0.25, 0.3) is 33.6 Å². The molecule has 0 radical (unpaired) electrons. The SMILES string of the molecule is COc1ccc(-c2c(N3CSC=N3)nc3c(C4=CCCCC4)c(-c4ccccc4)nn3c2OC)cc1. The number of hydrogen-bond acceptors (Lipinski definition) is 7. The normalized spacial score (nSPS) is 15.4. The second-order valence-corrected chi connectivity index (χ2v) is 9.57. The van der Waals surface area contributed by atoms with Crippen LogP contribution in [0.2, 0.25) is 0 Å². The Kier molecular flexibility index (Phi) is 6.11. The van der Waals surface area contributed by atoms with Gasteiger partial charge in [0.25, 0.3) is 0 Å². The van der Waals surface area contributed by atoms with E-state index in [-0.39, 0.29) is 0 Å². The fourth-order valence-electron chi connectivity index (χ4n) is 4.90. The maximum Gasteiger partial charge on any atom is 0.228 e. The first kappa shape index (κ1) is 22.7. The molecule has 0 saturated heterocycles. The van der Waals surface area contributed by atoms with E-state index in [1.807, 2.05) is 57.5 Å². The minimum absolute atomic E-state index is 0.632. The highest BCUT2D eigenvalue weighted by Crippen LogP contribution is 2.44. The molecule has 4 aromatic rings. The van der Waals surface area contributed by atoms with E-state index in [1.54, 1.807) is 26.0 Å². The average molecular weight is 498 g/mol. The summed E-state index contributed by atoms with van der Waals surface area (Å²) in [5.41, 5.74) is 8.81. The molecular weight excluding hydrogens is 470 g/mol. The van der Waals surface area contributed by atoms with E-state index < -0.39 is 0 Å². The third kappa shape index (κ3) is 3.91. The second-order valence-electron chi connectivity index (χ2n) is 8.76. The topological polar surface area (TPSA) is 64.2 Å². The Hall–Kier alpha value is -3.78. The number of nitrogens with zero attached hydrogens (tertiary/aromatic N) is 5. The Labute approximate surface area is 214 Å². The maximum atomic E-state index is 6.09. The molecule has 0 unspecified atom stereocenters. The van der Waals surface area contributed by atoms with Crippen LogP contribution in [0.5, 0.6) is 11.6 Å². The summed E-state index contributed by atoms with van der Waals surface area (Å²) in [4.78, 5) is 5.25. The summed E-state index contributed by atoms with van der Waals surface area (Å²) < 4.78 is 13.3. The maximum absolute atomic E-state index is 6.09.